The van der Waals surface area contributed by atoms with Gasteiger partial charge < -0.3 is 0 Å². The number of aromatic nitrogens is 2. The molecule has 0 unspecified atom stereocenters. The molecule has 2 rings (SSSR count). The Labute approximate surface area is 132 Å². The van der Waals surface area contributed by atoms with E-state index >= 15 is 0 Å². The lowest BCUT2D eigenvalue weighted by Crippen LogP contribution is -2.03. The van der Waals surface area contributed by atoms with Crippen LogP contribution in [0.4, 0.5) is 0 Å². The number of aryl methyl sites for hydroxylation is 1. The van der Waals surface area contributed by atoms with Crippen LogP contribution in [0.25, 0.3) is 11.4 Å². The molecule has 0 aliphatic heterocycles. The first-order valence-corrected chi connectivity index (χ1v) is 7.67. The summed E-state index contributed by atoms with van der Waals surface area (Å²) in [5.74, 6) is 1.05. The van der Waals surface area contributed by atoms with Crippen molar-refractivity contribution >= 4 is 34.2 Å². The van der Waals surface area contributed by atoms with Gasteiger partial charge in [0.25, 0.3) is 0 Å². The van der Waals surface area contributed by atoms with E-state index in [2.05, 4.69) is 61.3 Å². The summed E-state index contributed by atoms with van der Waals surface area (Å²) >= 11 is 8.46. The molecule has 0 bridgehead atoms. The third kappa shape index (κ3) is 2.92. The third-order valence-corrected chi connectivity index (χ3v) is 4.88. The fraction of sp³-hybridized carbons (Fsp3) is 0.333. The minimum absolute atomic E-state index is 0.330. The van der Waals surface area contributed by atoms with E-state index in [0.29, 0.717) is 11.1 Å². The zero-order valence-electron chi connectivity index (χ0n) is 11.5. The van der Waals surface area contributed by atoms with Crippen LogP contribution in [0.1, 0.15) is 36.6 Å². The molecule has 0 atom stereocenters. The molecule has 0 aliphatic rings. The fourth-order valence-electron chi connectivity index (χ4n) is 1.93. The van der Waals surface area contributed by atoms with Crippen LogP contribution in [0.5, 0.6) is 0 Å². The molecule has 0 radical (unpaired) electrons. The van der Waals surface area contributed by atoms with E-state index in [9.17, 15) is 0 Å². The average molecular weight is 387 g/mol. The van der Waals surface area contributed by atoms with Gasteiger partial charge in [-0.25, -0.2) is 9.97 Å². The fourth-order valence-corrected chi connectivity index (χ4v) is 2.97. The highest BCUT2D eigenvalue weighted by atomic mass is 127. The highest BCUT2D eigenvalue weighted by Gasteiger charge is 2.15. The van der Waals surface area contributed by atoms with Crippen LogP contribution in [0, 0.1) is 17.4 Å². The molecular weight excluding hydrogens is 371 g/mol. The van der Waals surface area contributed by atoms with E-state index in [-0.39, 0.29) is 0 Å². The summed E-state index contributed by atoms with van der Waals surface area (Å²) in [7, 11) is 0. The highest BCUT2D eigenvalue weighted by molar-refractivity contribution is 14.1. The highest BCUT2D eigenvalue weighted by Crippen LogP contribution is 2.29. The minimum Gasteiger partial charge on any atom is -0.232 e. The molecule has 0 saturated heterocycles. The van der Waals surface area contributed by atoms with Crippen molar-refractivity contribution in [3.05, 3.63) is 43.7 Å². The number of halogens is 2. The number of hydrogen-bond acceptors (Lipinski definition) is 2. The molecule has 0 amide bonds. The maximum absolute atomic E-state index is 6.25. The van der Waals surface area contributed by atoms with E-state index in [1.54, 1.807) is 0 Å². The second-order valence-electron chi connectivity index (χ2n) is 4.94. The number of benzene rings is 1. The summed E-state index contributed by atoms with van der Waals surface area (Å²) < 4.78 is 0.948. The van der Waals surface area contributed by atoms with Crippen molar-refractivity contribution in [1.82, 2.24) is 9.97 Å². The van der Waals surface area contributed by atoms with Gasteiger partial charge >= 0.3 is 0 Å². The van der Waals surface area contributed by atoms with E-state index < -0.39 is 0 Å². The summed E-state index contributed by atoms with van der Waals surface area (Å²) in [6, 6.07) is 6.17. The van der Waals surface area contributed by atoms with Crippen LogP contribution in [-0.4, -0.2) is 9.97 Å². The Morgan fingerprint density at radius 1 is 1.16 bits per heavy atom. The van der Waals surface area contributed by atoms with Crippen LogP contribution in [0.3, 0.4) is 0 Å². The van der Waals surface area contributed by atoms with E-state index in [0.717, 1.165) is 20.7 Å². The summed E-state index contributed by atoms with van der Waals surface area (Å²) in [4.78, 5) is 9.14. The molecule has 1 heterocycles. The zero-order chi connectivity index (χ0) is 14.2. The third-order valence-electron chi connectivity index (χ3n) is 3.23. The Morgan fingerprint density at radius 2 is 1.84 bits per heavy atom. The van der Waals surface area contributed by atoms with Crippen molar-refractivity contribution in [3.8, 4) is 11.4 Å². The van der Waals surface area contributed by atoms with Gasteiger partial charge in [0.2, 0.25) is 0 Å². The molecule has 100 valence electrons. The smallest absolute Gasteiger partial charge is 0.161 e. The molecule has 0 N–H and O–H groups in total. The standard InChI is InChI=1S/C15H16ClIN2/c1-8(2)13-12(17)14(16)19-15(18-13)11-7-5-6-9(3)10(11)4/h5-8H,1-4H3. The Balaban J connectivity index is 2.67. The van der Waals surface area contributed by atoms with Crippen molar-refractivity contribution in [3.63, 3.8) is 0 Å². The Kier molecular flexibility index (Phi) is 4.46. The maximum Gasteiger partial charge on any atom is 0.161 e. The largest absolute Gasteiger partial charge is 0.232 e. The number of nitrogens with zero attached hydrogens (tertiary/aromatic N) is 2. The molecule has 0 aliphatic carbocycles. The zero-order valence-corrected chi connectivity index (χ0v) is 14.4. The van der Waals surface area contributed by atoms with Gasteiger partial charge in [0.05, 0.1) is 9.26 Å². The lowest BCUT2D eigenvalue weighted by Gasteiger charge is -2.13. The quantitative estimate of drug-likeness (QED) is 0.527. The second kappa shape index (κ2) is 5.75. The van der Waals surface area contributed by atoms with Gasteiger partial charge in [0, 0.05) is 5.56 Å². The molecule has 4 heteroatoms. The van der Waals surface area contributed by atoms with E-state index in [1.807, 2.05) is 12.1 Å². The predicted molar refractivity (Wildman–Crippen MR) is 88.8 cm³/mol. The topological polar surface area (TPSA) is 25.8 Å². The normalized spacial score (nSPS) is 11.1. The van der Waals surface area contributed by atoms with Crippen molar-refractivity contribution in [1.29, 1.82) is 0 Å². The predicted octanol–water partition coefficient (Wildman–Crippen LogP) is 5.14. The van der Waals surface area contributed by atoms with Gasteiger partial charge in [0.15, 0.2) is 5.82 Å². The Hall–Kier alpha value is -0.680. The van der Waals surface area contributed by atoms with Crippen molar-refractivity contribution in [2.45, 2.75) is 33.6 Å². The SMILES string of the molecule is Cc1cccc(-c2nc(Cl)c(I)c(C(C)C)n2)c1C. The summed E-state index contributed by atoms with van der Waals surface area (Å²) in [5.41, 5.74) is 4.51. The molecule has 1 aromatic heterocycles. The van der Waals surface area contributed by atoms with Crippen LogP contribution in [0.15, 0.2) is 18.2 Å². The van der Waals surface area contributed by atoms with Gasteiger partial charge in [-0.1, -0.05) is 43.6 Å². The van der Waals surface area contributed by atoms with E-state index in [1.165, 1.54) is 11.1 Å². The van der Waals surface area contributed by atoms with Gasteiger partial charge in [-0.3, -0.25) is 0 Å². The molecule has 0 saturated carbocycles. The molecular formula is C15H16ClIN2. The minimum atomic E-state index is 0.330. The first-order valence-electron chi connectivity index (χ1n) is 6.21. The Morgan fingerprint density at radius 3 is 2.47 bits per heavy atom. The van der Waals surface area contributed by atoms with E-state index in [4.69, 9.17) is 16.6 Å². The molecule has 0 fully saturated rings. The lowest BCUT2D eigenvalue weighted by atomic mass is 10.0. The summed E-state index contributed by atoms with van der Waals surface area (Å²) in [5, 5.41) is 0.537. The van der Waals surface area contributed by atoms with Gasteiger partial charge in [-0.05, 0) is 53.5 Å². The maximum atomic E-state index is 6.25. The van der Waals surface area contributed by atoms with Crippen molar-refractivity contribution in [2.24, 2.45) is 0 Å². The second-order valence-corrected chi connectivity index (χ2v) is 6.38. The van der Waals surface area contributed by atoms with Gasteiger partial charge in [-0.15, -0.1) is 0 Å². The molecule has 19 heavy (non-hydrogen) atoms. The molecule has 2 aromatic rings. The van der Waals surface area contributed by atoms with Crippen molar-refractivity contribution in [2.75, 3.05) is 0 Å². The van der Waals surface area contributed by atoms with Crippen LogP contribution >= 0.6 is 34.2 Å². The molecule has 0 spiro atoms. The number of hydrogen-bond donors (Lipinski definition) is 0. The monoisotopic (exact) mass is 386 g/mol. The van der Waals surface area contributed by atoms with Crippen molar-refractivity contribution < 1.29 is 0 Å². The summed E-state index contributed by atoms with van der Waals surface area (Å²) in [6.07, 6.45) is 0. The lowest BCUT2D eigenvalue weighted by molar-refractivity contribution is 0.808. The first kappa shape index (κ1) is 14.7. The van der Waals surface area contributed by atoms with Crippen LogP contribution < -0.4 is 0 Å². The average Bonchev–Trinajstić information content (AvgIpc) is 2.35. The van der Waals surface area contributed by atoms with Gasteiger partial charge in [-0.2, -0.15) is 0 Å². The first-order chi connectivity index (χ1) is 8.91. The van der Waals surface area contributed by atoms with Crippen LogP contribution in [0.2, 0.25) is 5.15 Å². The molecule has 1 aromatic carbocycles. The Bertz CT molecular complexity index is 624. The number of rotatable bonds is 2. The summed E-state index contributed by atoms with van der Waals surface area (Å²) in [6.45, 7) is 8.42. The molecule has 2 nitrogen and oxygen atoms in total. The van der Waals surface area contributed by atoms with Crippen LogP contribution in [-0.2, 0) is 0 Å². The van der Waals surface area contributed by atoms with Gasteiger partial charge in [0.1, 0.15) is 5.15 Å².